The summed E-state index contributed by atoms with van der Waals surface area (Å²) in [7, 11) is 0. The highest BCUT2D eigenvalue weighted by Gasteiger charge is 2.43. The molecule has 130 valence electrons. The van der Waals surface area contributed by atoms with E-state index >= 15 is 0 Å². The Bertz CT molecular complexity index is 814. The molecule has 1 saturated heterocycles. The summed E-state index contributed by atoms with van der Waals surface area (Å²) < 4.78 is 8.63. The minimum absolute atomic E-state index is 0.201. The number of aryl methyl sites for hydroxylation is 1. The Balaban J connectivity index is 1.96. The Kier molecular flexibility index (Phi) is 4.50. The van der Waals surface area contributed by atoms with Crippen molar-refractivity contribution in [2.24, 2.45) is 0 Å². The summed E-state index contributed by atoms with van der Waals surface area (Å²) in [6.07, 6.45) is -0.517. The summed E-state index contributed by atoms with van der Waals surface area (Å²) in [6, 6.07) is 0. The van der Waals surface area contributed by atoms with E-state index in [1.54, 1.807) is 4.57 Å². The third-order valence-corrected chi connectivity index (χ3v) is 4.17. The van der Waals surface area contributed by atoms with Crippen LogP contribution in [0.5, 0.6) is 0 Å². The lowest BCUT2D eigenvalue weighted by atomic mass is 10.1. The van der Waals surface area contributed by atoms with E-state index in [-0.39, 0.29) is 5.49 Å². The van der Waals surface area contributed by atoms with E-state index in [9.17, 15) is 15.3 Å². The molecule has 2 aromatic heterocycles. The lowest BCUT2D eigenvalue weighted by molar-refractivity contribution is -0.0511. The third-order valence-electron chi connectivity index (χ3n) is 4.17. The molecule has 4 atom stereocenters. The smallest absolute Gasteiger partial charge is 0.167 e. The number of rotatable bonds is 5. The molecule has 9 nitrogen and oxygen atoms in total. The summed E-state index contributed by atoms with van der Waals surface area (Å²) in [5.41, 5.74) is 1.96. The van der Waals surface area contributed by atoms with Crippen molar-refractivity contribution >= 4 is 11.2 Å². The van der Waals surface area contributed by atoms with E-state index in [1.807, 2.05) is 6.92 Å². The molecule has 0 aromatic carbocycles. The van der Waals surface area contributed by atoms with Crippen LogP contribution in [0.4, 0.5) is 0 Å². The number of imidazole rings is 1. The molecule has 0 saturated carbocycles. The zero-order valence-electron chi connectivity index (χ0n) is 13.3. The lowest BCUT2D eigenvalue weighted by Crippen LogP contribution is -2.33. The van der Waals surface area contributed by atoms with Gasteiger partial charge in [-0.1, -0.05) is 5.57 Å². The second kappa shape index (κ2) is 6.44. The molecule has 4 N–H and O–H groups in total. The Morgan fingerprint density at radius 2 is 2.08 bits per heavy atom. The topological polar surface area (TPSA) is 129 Å². The number of hydrogen-bond acceptors (Lipinski definition) is 7. The number of aliphatic hydroxyl groups is 3. The van der Waals surface area contributed by atoms with Gasteiger partial charge < -0.3 is 24.6 Å². The molecule has 0 unspecified atom stereocenters. The van der Waals surface area contributed by atoms with Crippen molar-refractivity contribution in [1.82, 2.24) is 19.1 Å². The number of nitrogens with one attached hydrogen (secondary N) is 1. The molecule has 0 aliphatic carbocycles. The molecule has 0 spiro atoms. The van der Waals surface area contributed by atoms with Gasteiger partial charge in [0, 0.05) is 6.54 Å². The quantitative estimate of drug-likeness (QED) is 0.534. The molecule has 0 radical (unpaired) electrons. The van der Waals surface area contributed by atoms with Gasteiger partial charge in [-0.3, -0.25) is 9.98 Å². The minimum atomic E-state index is -1.22. The predicted octanol–water partition coefficient (Wildman–Crippen LogP) is -0.710. The number of fused-ring (bicyclic) bond motifs is 1. The molecular formula is C15H21N5O4. The summed E-state index contributed by atoms with van der Waals surface area (Å²) in [5, 5.41) is 37.5. The molecule has 0 amide bonds. The van der Waals surface area contributed by atoms with E-state index in [1.165, 1.54) is 17.2 Å². The van der Waals surface area contributed by atoms with Crippen LogP contribution in [0.3, 0.4) is 0 Å². The van der Waals surface area contributed by atoms with Crippen LogP contribution < -0.4 is 5.49 Å². The Hall–Kier alpha value is -2.07. The van der Waals surface area contributed by atoms with Gasteiger partial charge in [0.1, 0.15) is 23.8 Å². The van der Waals surface area contributed by atoms with E-state index < -0.39 is 31.1 Å². The van der Waals surface area contributed by atoms with Crippen molar-refractivity contribution in [1.29, 1.82) is 5.41 Å². The molecule has 1 fully saturated rings. The maximum absolute atomic E-state index is 10.1. The molecule has 1 aliphatic rings. The van der Waals surface area contributed by atoms with Crippen molar-refractivity contribution in [3.63, 3.8) is 0 Å². The average Bonchev–Trinajstić information content (AvgIpc) is 3.09. The fourth-order valence-electron chi connectivity index (χ4n) is 2.74. The summed E-state index contributed by atoms with van der Waals surface area (Å²) in [4.78, 5) is 8.51. The molecule has 2 aromatic rings. The van der Waals surface area contributed by atoms with Gasteiger partial charge >= 0.3 is 0 Å². The van der Waals surface area contributed by atoms with Crippen LogP contribution in [0.25, 0.3) is 11.2 Å². The molecule has 3 heterocycles. The second-order valence-electron chi connectivity index (χ2n) is 6.05. The van der Waals surface area contributed by atoms with Gasteiger partial charge in [-0.25, -0.2) is 9.97 Å². The second-order valence-corrected chi connectivity index (χ2v) is 6.05. The average molecular weight is 335 g/mol. The highest BCUT2D eigenvalue weighted by Crippen LogP contribution is 2.30. The zero-order chi connectivity index (χ0) is 17.4. The van der Waals surface area contributed by atoms with Gasteiger partial charge in [0.2, 0.25) is 0 Å². The van der Waals surface area contributed by atoms with Crippen molar-refractivity contribution in [2.45, 2.75) is 44.4 Å². The van der Waals surface area contributed by atoms with E-state index in [0.717, 1.165) is 12.0 Å². The van der Waals surface area contributed by atoms with E-state index in [0.29, 0.717) is 17.7 Å². The van der Waals surface area contributed by atoms with Gasteiger partial charge in [0.25, 0.3) is 0 Å². The van der Waals surface area contributed by atoms with Gasteiger partial charge in [-0.05, 0) is 13.3 Å². The van der Waals surface area contributed by atoms with Gasteiger partial charge in [-0.15, -0.1) is 6.58 Å². The number of ether oxygens (including phenoxy) is 1. The van der Waals surface area contributed by atoms with Crippen molar-refractivity contribution in [3.8, 4) is 0 Å². The van der Waals surface area contributed by atoms with Crippen LogP contribution in [0.1, 0.15) is 19.6 Å². The SMILES string of the molecule is C=C(C)CCn1cnc2c(ncn2[C@@H]2O[C@H](CO)[C@@H](O)[C@H]2O)c1=N. The molecular weight excluding hydrogens is 314 g/mol. The Morgan fingerprint density at radius 1 is 1.33 bits per heavy atom. The van der Waals surface area contributed by atoms with Crippen LogP contribution in [0.2, 0.25) is 0 Å². The van der Waals surface area contributed by atoms with Crippen LogP contribution in [0.15, 0.2) is 24.8 Å². The first-order chi connectivity index (χ1) is 11.4. The first kappa shape index (κ1) is 16.8. The lowest BCUT2D eigenvalue weighted by Gasteiger charge is -2.16. The number of aliphatic hydroxyl groups excluding tert-OH is 3. The van der Waals surface area contributed by atoms with Crippen molar-refractivity contribution in [2.75, 3.05) is 6.61 Å². The van der Waals surface area contributed by atoms with Crippen molar-refractivity contribution < 1.29 is 20.1 Å². The van der Waals surface area contributed by atoms with Gasteiger partial charge in [0.15, 0.2) is 17.4 Å². The fourth-order valence-corrected chi connectivity index (χ4v) is 2.74. The van der Waals surface area contributed by atoms with Crippen molar-refractivity contribution in [3.05, 3.63) is 30.3 Å². The fraction of sp³-hybridized carbons (Fsp3) is 0.533. The summed E-state index contributed by atoms with van der Waals surface area (Å²) in [5.74, 6) is 0. The third kappa shape index (κ3) is 2.75. The predicted molar refractivity (Wildman–Crippen MR) is 83.8 cm³/mol. The van der Waals surface area contributed by atoms with Gasteiger partial charge in [0.05, 0.1) is 19.3 Å². The number of nitrogens with zero attached hydrogens (tertiary/aromatic N) is 4. The maximum Gasteiger partial charge on any atom is 0.167 e. The monoisotopic (exact) mass is 335 g/mol. The van der Waals surface area contributed by atoms with Gasteiger partial charge in [-0.2, -0.15) is 0 Å². The summed E-state index contributed by atoms with van der Waals surface area (Å²) in [6.45, 7) is 5.95. The number of hydrogen-bond donors (Lipinski definition) is 4. The maximum atomic E-state index is 10.1. The van der Waals surface area contributed by atoms with E-state index in [4.69, 9.17) is 10.1 Å². The molecule has 9 heteroatoms. The standard InChI is InChI=1S/C15H21N5O4/c1-8(2)3-4-19-6-18-14-10(13(19)16)17-7-20(14)15-12(23)11(22)9(5-21)24-15/h6-7,9,11-12,15-16,21-23H,1,3-5H2,2H3/t9-,11-,12-,15-/m1/s1. The zero-order valence-corrected chi connectivity index (χ0v) is 13.3. The van der Waals surface area contributed by atoms with Crippen LogP contribution in [0, 0.1) is 5.41 Å². The Morgan fingerprint density at radius 3 is 2.71 bits per heavy atom. The molecule has 3 rings (SSSR count). The van der Waals surface area contributed by atoms with Crippen LogP contribution in [-0.4, -0.2) is 59.3 Å². The first-order valence-corrected chi connectivity index (χ1v) is 7.67. The normalized spacial score (nSPS) is 27.0. The highest BCUT2D eigenvalue weighted by atomic mass is 16.6. The molecule has 1 aliphatic heterocycles. The largest absolute Gasteiger partial charge is 0.394 e. The Labute approximate surface area is 138 Å². The molecule has 0 bridgehead atoms. The summed E-state index contributed by atoms with van der Waals surface area (Å²) >= 11 is 0. The first-order valence-electron chi connectivity index (χ1n) is 7.67. The number of aromatic nitrogens is 4. The highest BCUT2D eigenvalue weighted by molar-refractivity contribution is 5.68. The molecule has 24 heavy (non-hydrogen) atoms. The van der Waals surface area contributed by atoms with Crippen LogP contribution in [-0.2, 0) is 11.3 Å². The van der Waals surface area contributed by atoms with Crippen LogP contribution >= 0.6 is 0 Å². The minimum Gasteiger partial charge on any atom is -0.394 e. The van der Waals surface area contributed by atoms with E-state index in [2.05, 4.69) is 16.5 Å². The number of allylic oxidation sites excluding steroid dienone is 1.